The summed E-state index contributed by atoms with van der Waals surface area (Å²) in [5.41, 5.74) is 1.42. The van der Waals surface area contributed by atoms with Gasteiger partial charge >= 0.3 is 0 Å². The molecule has 0 fully saturated rings. The van der Waals surface area contributed by atoms with Crippen LogP contribution in [0.2, 0.25) is 0 Å². The van der Waals surface area contributed by atoms with Gasteiger partial charge in [0.05, 0.1) is 0 Å². The SMILES string of the molecule is CC(N[C@@H](C)c1cccc(F)c1)c1ccc(F)cc1O. The third-order valence-electron chi connectivity index (χ3n) is 3.31. The zero-order valence-corrected chi connectivity index (χ0v) is 11.4. The Hall–Kier alpha value is -1.94. The van der Waals surface area contributed by atoms with Gasteiger partial charge < -0.3 is 10.4 Å². The van der Waals surface area contributed by atoms with E-state index in [1.807, 2.05) is 19.9 Å². The Morgan fingerprint density at radius 2 is 1.65 bits per heavy atom. The van der Waals surface area contributed by atoms with Gasteiger partial charge in [0.15, 0.2) is 0 Å². The molecular formula is C16H17F2NO. The zero-order valence-electron chi connectivity index (χ0n) is 11.4. The molecule has 0 bridgehead atoms. The number of nitrogens with one attached hydrogen (secondary N) is 1. The Labute approximate surface area is 117 Å². The first-order valence-corrected chi connectivity index (χ1v) is 6.47. The van der Waals surface area contributed by atoms with Crippen molar-refractivity contribution in [1.82, 2.24) is 5.32 Å². The van der Waals surface area contributed by atoms with Crippen molar-refractivity contribution in [3.05, 3.63) is 65.2 Å². The minimum absolute atomic E-state index is 0.0866. The maximum absolute atomic E-state index is 13.2. The fraction of sp³-hybridized carbons (Fsp3) is 0.250. The number of halogens is 2. The summed E-state index contributed by atoms with van der Waals surface area (Å²) in [5, 5.41) is 13.0. The van der Waals surface area contributed by atoms with Gasteiger partial charge in [0.1, 0.15) is 17.4 Å². The molecule has 0 heterocycles. The molecule has 106 valence electrons. The Morgan fingerprint density at radius 3 is 2.30 bits per heavy atom. The molecule has 20 heavy (non-hydrogen) atoms. The molecule has 0 radical (unpaired) electrons. The van der Waals surface area contributed by atoms with E-state index in [0.717, 1.165) is 11.6 Å². The van der Waals surface area contributed by atoms with Crippen molar-refractivity contribution in [1.29, 1.82) is 0 Å². The van der Waals surface area contributed by atoms with Crippen molar-refractivity contribution in [2.45, 2.75) is 25.9 Å². The van der Waals surface area contributed by atoms with Crippen LogP contribution in [0.3, 0.4) is 0 Å². The Bertz CT molecular complexity index is 601. The van der Waals surface area contributed by atoms with E-state index in [1.165, 1.54) is 18.2 Å². The summed E-state index contributed by atoms with van der Waals surface area (Å²) in [6.45, 7) is 3.77. The number of aromatic hydroxyl groups is 1. The average Bonchev–Trinajstić information content (AvgIpc) is 2.38. The van der Waals surface area contributed by atoms with Crippen molar-refractivity contribution in [3.63, 3.8) is 0 Å². The molecule has 2 aromatic rings. The molecule has 0 aliphatic rings. The van der Waals surface area contributed by atoms with Gasteiger partial charge in [-0.25, -0.2) is 8.78 Å². The molecule has 2 atom stereocenters. The molecule has 2 rings (SSSR count). The van der Waals surface area contributed by atoms with Crippen LogP contribution in [0.25, 0.3) is 0 Å². The van der Waals surface area contributed by atoms with Crippen molar-refractivity contribution in [3.8, 4) is 5.75 Å². The highest BCUT2D eigenvalue weighted by atomic mass is 19.1. The quantitative estimate of drug-likeness (QED) is 0.882. The van der Waals surface area contributed by atoms with Gasteiger partial charge in [-0.3, -0.25) is 0 Å². The first-order valence-electron chi connectivity index (χ1n) is 6.47. The molecular weight excluding hydrogens is 260 g/mol. The third kappa shape index (κ3) is 3.33. The second kappa shape index (κ2) is 6.01. The fourth-order valence-electron chi connectivity index (χ4n) is 2.22. The summed E-state index contributed by atoms with van der Waals surface area (Å²) in [7, 11) is 0. The van der Waals surface area contributed by atoms with Gasteiger partial charge in [-0.2, -0.15) is 0 Å². The number of phenols is 1. The van der Waals surface area contributed by atoms with E-state index in [4.69, 9.17) is 0 Å². The molecule has 0 spiro atoms. The first-order chi connectivity index (χ1) is 9.47. The molecule has 4 heteroatoms. The van der Waals surface area contributed by atoms with Gasteiger partial charge in [-0.05, 0) is 37.6 Å². The van der Waals surface area contributed by atoms with Crippen LogP contribution in [0, 0.1) is 11.6 Å². The smallest absolute Gasteiger partial charge is 0.126 e. The summed E-state index contributed by atoms with van der Waals surface area (Å²) in [4.78, 5) is 0. The number of phenolic OH excluding ortho intramolecular Hbond substituents is 1. The molecule has 2 N–H and O–H groups in total. The van der Waals surface area contributed by atoms with Crippen molar-refractivity contribution in [2.24, 2.45) is 0 Å². The Kier molecular flexibility index (Phi) is 4.35. The summed E-state index contributed by atoms with van der Waals surface area (Å²) < 4.78 is 26.1. The topological polar surface area (TPSA) is 32.3 Å². The Morgan fingerprint density at radius 1 is 0.950 bits per heavy atom. The second-order valence-electron chi connectivity index (χ2n) is 4.87. The molecule has 2 aromatic carbocycles. The van der Waals surface area contributed by atoms with Gasteiger partial charge in [-0.1, -0.05) is 18.2 Å². The van der Waals surface area contributed by atoms with Crippen LogP contribution < -0.4 is 5.32 Å². The number of hydrogen-bond acceptors (Lipinski definition) is 2. The standard InChI is InChI=1S/C16H17F2NO/c1-10(12-4-3-5-13(17)8-12)19-11(2)15-7-6-14(18)9-16(15)20/h3-11,19-20H,1-2H3/t10-,11?/m0/s1. The third-order valence-corrected chi connectivity index (χ3v) is 3.31. The van der Waals surface area contributed by atoms with Crippen LogP contribution in [0.1, 0.15) is 37.1 Å². The Balaban J connectivity index is 2.12. The molecule has 0 saturated carbocycles. The maximum Gasteiger partial charge on any atom is 0.126 e. The lowest BCUT2D eigenvalue weighted by molar-refractivity contribution is 0.433. The zero-order chi connectivity index (χ0) is 14.7. The molecule has 0 saturated heterocycles. The maximum atomic E-state index is 13.2. The van der Waals surface area contributed by atoms with Gasteiger partial charge in [0, 0.05) is 23.7 Å². The highest BCUT2D eigenvalue weighted by Crippen LogP contribution is 2.27. The molecule has 0 aromatic heterocycles. The lowest BCUT2D eigenvalue weighted by Gasteiger charge is -2.21. The van der Waals surface area contributed by atoms with Crippen molar-refractivity contribution in [2.75, 3.05) is 0 Å². The van der Waals surface area contributed by atoms with Gasteiger partial charge in [-0.15, -0.1) is 0 Å². The normalized spacial score (nSPS) is 14.0. The van der Waals surface area contributed by atoms with E-state index < -0.39 is 5.82 Å². The van der Waals surface area contributed by atoms with E-state index in [0.29, 0.717) is 5.56 Å². The predicted octanol–water partition coefficient (Wildman–Crippen LogP) is 4.08. The lowest BCUT2D eigenvalue weighted by Crippen LogP contribution is -2.22. The highest BCUT2D eigenvalue weighted by Gasteiger charge is 2.14. The first kappa shape index (κ1) is 14.5. The van der Waals surface area contributed by atoms with Crippen LogP contribution in [-0.2, 0) is 0 Å². The van der Waals surface area contributed by atoms with E-state index in [2.05, 4.69) is 5.32 Å². The van der Waals surface area contributed by atoms with Crippen molar-refractivity contribution < 1.29 is 13.9 Å². The van der Waals surface area contributed by atoms with E-state index in [1.54, 1.807) is 12.1 Å². The summed E-state index contributed by atoms with van der Waals surface area (Å²) in [5.74, 6) is -0.846. The number of rotatable bonds is 4. The molecule has 2 nitrogen and oxygen atoms in total. The average molecular weight is 277 g/mol. The van der Waals surface area contributed by atoms with Crippen molar-refractivity contribution >= 4 is 0 Å². The van der Waals surface area contributed by atoms with Crippen LogP contribution in [0.4, 0.5) is 8.78 Å². The summed E-state index contributed by atoms with van der Waals surface area (Å²) in [6.07, 6.45) is 0. The van der Waals surface area contributed by atoms with Gasteiger partial charge in [0.25, 0.3) is 0 Å². The van der Waals surface area contributed by atoms with Crippen LogP contribution in [0.5, 0.6) is 5.75 Å². The molecule has 0 aliphatic carbocycles. The molecule has 0 amide bonds. The van der Waals surface area contributed by atoms with E-state index in [-0.39, 0.29) is 23.7 Å². The predicted molar refractivity (Wildman–Crippen MR) is 74.4 cm³/mol. The monoisotopic (exact) mass is 277 g/mol. The minimum atomic E-state index is -0.475. The second-order valence-corrected chi connectivity index (χ2v) is 4.87. The van der Waals surface area contributed by atoms with E-state index >= 15 is 0 Å². The molecule has 1 unspecified atom stereocenters. The number of hydrogen-bond donors (Lipinski definition) is 2. The summed E-state index contributed by atoms with van der Waals surface area (Å²) >= 11 is 0. The van der Waals surface area contributed by atoms with E-state index in [9.17, 15) is 13.9 Å². The van der Waals surface area contributed by atoms with Crippen LogP contribution >= 0.6 is 0 Å². The highest BCUT2D eigenvalue weighted by molar-refractivity contribution is 5.35. The van der Waals surface area contributed by atoms with Gasteiger partial charge in [0.2, 0.25) is 0 Å². The minimum Gasteiger partial charge on any atom is -0.508 e. The lowest BCUT2D eigenvalue weighted by atomic mass is 10.0. The summed E-state index contributed by atoms with van der Waals surface area (Å²) in [6, 6.07) is 10.0. The fourth-order valence-corrected chi connectivity index (χ4v) is 2.22. The van der Waals surface area contributed by atoms with Crippen LogP contribution in [-0.4, -0.2) is 5.11 Å². The van der Waals surface area contributed by atoms with Crippen LogP contribution in [0.15, 0.2) is 42.5 Å². The number of benzene rings is 2. The largest absolute Gasteiger partial charge is 0.508 e. The molecule has 0 aliphatic heterocycles.